The number of ketones is 1. The number of aryl methyl sites for hydroxylation is 1. The lowest BCUT2D eigenvalue weighted by Crippen LogP contribution is -2.43. The molecule has 0 fully saturated rings. The first-order valence-electron chi connectivity index (χ1n) is 13.1. The number of hydrogen-bond acceptors (Lipinski definition) is 6. The van der Waals surface area contributed by atoms with Gasteiger partial charge in [0.15, 0.2) is 5.78 Å². The fourth-order valence-electron chi connectivity index (χ4n) is 4.90. The van der Waals surface area contributed by atoms with E-state index in [1.807, 2.05) is 57.9 Å². The Morgan fingerprint density at radius 1 is 1.16 bits per heavy atom. The molecule has 2 aliphatic carbocycles. The number of esters is 1. The van der Waals surface area contributed by atoms with Gasteiger partial charge in [0.1, 0.15) is 19.2 Å². The molecule has 3 N–H and O–H groups in total. The first-order valence-corrected chi connectivity index (χ1v) is 13.1. The highest BCUT2D eigenvalue weighted by Gasteiger charge is 2.45. The van der Waals surface area contributed by atoms with Gasteiger partial charge in [-0.2, -0.15) is 0 Å². The van der Waals surface area contributed by atoms with Crippen LogP contribution in [-0.4, -0.2) is 25.1 Å². The number of benzene rings is 1. The summed E-state index contributed by atoms with van der Waals surface area (Å²) >= 11 is 0. The Balaban J connectivity index is 0.00000115. The largest absolute Gasteiger partial charge is 0.457 e. The van der Waals surface area contributed by atoms with Crippen LogP contribution in [0.15, 0.2) is 70.7 Å². The highest BCUT2D eigenvalue weighted by atomic mass is 16.5. The van der Waals surface area contributed by atoms with Crippen LogP contribution in [0, 0.1) is 18.3 Å². The highest BCUT2D eigenvalue weighted by Crippen LogP contribution is 2.49. The zero-order chi connectivity index (χ0) is 27.8. The summed E-state index contributed by atoms with van der Waals surface area (Å²) in [6.07, 6.45) is 9.27. The van der Waals surface area contributed by atoms with Gasteiger partial charge < -0.3 is 20.6 Å². The highest BCUT2D eigenvalue weighted by molar-refractivity contribution is 6.04. The summed E-state index contributed by atoms with van der Waals surface area (Å²) in [5, 5.41) is 3.23. The first-order chi connectivity index (χ1) is 17.7. The zero-order valence-electron chi connectivity index (χ0n) is 23.1. The summed E-state index contributed by atoms with van der Waals surface area (Å²) in [7, 11) is 0. The third kappa shape index (κ3) is 6.68. The van der Waals surface area contributed by atoms with Crippen LogP contribution < -0.4 is 11.1 Å². The summed E-state index contributed by atoms with van der Waals surface area (Å²) in [6, 6.07) is 7.96. The second kappa shape index (κ2) is 13.2. The van der Waals surface area contributed by atoms with E-state index >= 15 is 0 Å². The molecule has 1 aromatic rings. The normalized spacial score (nSPS) is 22.6. The van der Waals surface area contributed by atoms with Crippen LogP contribution in [0.2, 0.25) is 0 Å². The smallest absolute Gasteiger partial charge is 0.339 e. The predicted octanol–water partition coefficient (Wildman–Crippen LogP) is 5.79. The van der Waals surface area contributed by atoms with E-state index in [1.54, 1.807) is 0 Å². The summed E-state index contributed by atoms with van der Waals surface area (Å²) in [5.41, 5.74) is 11.1. The van der Waals surface area contributed by atoms with Crippen LogP contribution in [-0.2, 0) is 19.1 Å². The number of hydrogen-bond donors (Lipinski definition) is 2. The maximum atomic E-state index is 13.5. The van der Waals surface area contributed by atoms with Crippen molar-refractivity contribution >= 4 is 18.5 Å². The van der Waals surface area contributed by atoms with Gasteiger partial charge in [-0.15, -0.1) is 0 Å². The van der Waals surface area contributed by atoms with E-state index in [4.69, 9.17) is 15.3 Å². The second-order valence-corrected chi connectivity index (χ2v) is 10.1. The van der Waals surface area contributed by atoms with E-state index in [9.17, 15) is 9.59 Å². The van der Waals surface area contributed by atoms with Crippen molar-refractivity contribution in [3.8, 4) is 0 Å². The van der Waals surface area contributed by atoms with Crippen molar-refractivity contribution in [2.24, 2.45) is 17.1 Å². The van der Waals surface area contributed by atoms with Crippen molar-refractivity contribution in [2.75, 3.05) is 6.61 Å². The van der Waals surface area contributed by atoms with Crippen LogP contribution in [0.25, 0.3) is 0 Å². The molecule has 0 bridgehead atoms. The summed E-state index contributed by atoms with van der Waals surface area (Å²) in [5.74, 6) is -0.334. The quantitative estimate of drug-likeness (QED) is 0.490. The van der Waals surface area contributed by atoms with Gasteiger partial charge in [-0.05, 0) is 48.7 Å². The maximum Gasteiger partial charge on any atom is 0.339 e. The van der Waals surface area contributed by atoms with Gasteiger partial charge in [0, 0.05) is 17.7 Å². The molecule has 0 amide bonds. The average Bonchev–Trinajstić information content (AvgIpc) is 2.89. The minimum Gasteiger partial charge on any atom is -0.457 e. The van der Waals surface area contributed by atoms with Crippen LogP contribution in [0.3, 0.4) is 0 Å². The van der Waals surface area contributed by atoms with Gasteiger partial charge in [-0.25, -0.2) is 4.79 Å². The third-order valence-electron chi connectivity index (χ3n) is 7.39. The van der Waals surface area contributed by atoms with Crippen LogP contribution in [0.1, 0.15) is 77.3 Å². The van der Waals surface area contributed by atoms with E-state index in [2.05, 4.69) is 38.2 Å². The average molecular weight is 507 g/mol. The van der Waals surface area contributed by atoms with E-state index in [0.717, 1.165) is 41.7 Å². The van der Waals surface area contributed by atoms with E-state index in [0.29, 0.717) is 23.5 Å². The van der Waals surface area contributed by atoms with Gasteiger partial charge >= 0.3 is 5.97 Å². The van der Waals surface area contributed by atoms with E-state index < -0.39 is 11.9 Å². The molecular weight excluding hydrogens is 464 g/mol. The molecule has 1 aromatic carbocycles. The molecule has 0 spiro atoms. The Hall–Kier alpha value is -3.41. The molecule has 6 nitrogen and oxygen atoms in total. The number of carbonyl (C=O) groups excluding carboxylic acids is 3. The second-order valence-electron chi connectivity index (χ2n) is 10.1. The molecule has 3 aliphatic rings. The topological polar surface area (TPSA) is 98.5 Å². The molecule has 6 heteroatoms. The van der Waals surface area contributed by atoms with E-state index in [1.165, 1.54) is 0 Å². The fraction of sp³-hybridized carbons (Fsp3) is 0.452. The number of Topliss-reactive ketones (excluding diaryl/α,β-unsaturated/α-hetero) is 1. The molecular formula is C31H42N2O4. The molecule has 1 heterocycles. The van der Waals surface area contributed by atoms with Crippen molar-refractivity contribution in [1.29, 1.82) is 0 Å². The number of nitrogens with one attached hydrogen (secondary N) is 1. The maximum absolute atomic E-state index is 13.5. The third-order valence-corrected chi connectivity index (χ3v) is 7.39. The SMILES string of the molecule is C=O.CC.Cc1ccc(C2C(C(=O)OCC3=CCCC=C3)=C(N)NC3=C2C(=O)CC(C)(C(C)C)C3)cc1. The first kappa shape index (κ1) is 29.8. The predicted molar refractivity (Wildman–Crippen MR) is 148 cm³/mol. The lowest BCUT2D eigenvalue weighted by molar-refractivity contribution is -0.138. The van der Waals surface area contributed by atoms with Crippen molar-refractivity contribution in [3.05, 3.63) is 81.9 Å². The molecule has 0 aromatic heterocycles. The van der Waals surface area contributed by atoms with Gasteiger partial charge in [0.2, 0.25) is 0 Å². The Kier molecular flexibility index (Phi) is 10.7. The van der Waals surface area contributed by atoms with Crippen LogP contribution >= 0.6 is 0 Å². The Morgan fingerprint density at radius 2 is 1.81 bits per heavy atom. The number of ether oxygens (including phenoxy) is 1. The van der Waals surface area contributed by atoms with E-state index in [-0.39, 0.29) is 23.6 Å². The Labute approximate surface area is 221 Å². The minimum absolute atomic E-state index is 0.0706. The lowest BCUT2D eigenvalue weighted by atomic mass is 9.64. The number of dihydropyridines is 1. The molecule has 1 aliphatic heterocycles. The molecule has 4 rings (SSSR count). The molecule has 2 atom stereocenters. The molecule has 0 radical (unpaired) electrons. The van der Waals surface area contributed by atoms with Gasteiger partial charge in [0.05, 0.1) is 11.5 Å². The van der Waals surface area contributed by atoms with Gasteiger partial charge in [0.25, 0.3) is 0 Å². The van der Waals surface area contributed by atoms with Crippen LogP contribution in [0.4, 0.5) is 0 Å². The molecule has 0 saturated heterocycles. The van der Waals surface area contributed by atoms with Crippen LogP contribution in [0.5, 0.6) is 0 Å². The summed E-state index contributed by atoms with van der Waals surface area (Å²) in [6.45, 7) is 14.7. The lowest BCUT2D eigenvalue weighted by Gasteiger charge is -2.42. The zero-order valence-corrected chi connectivity index (χ0v) is 23.1. The Bertz CT molecular complexity index is 1110. The number of allylic oxidation sites excluding steroid dienone is 4. The minimum atomic E-state index is -0.533. The number of nitrogens with two attached hydrogens (primary N) is 1. The molecule has 200 valence electrons. The number of carbonyl (C=O) groups is 3. The molecule has 37 heavy (non-hydrogen) atoms. The standard InChI is InChI=1S/C28H34N2O3.C2H6.CH2O/c1-17(2)28(4)14-21-24(22(31)15-28)23(20-12-10-18(3)11-13-20)25(26(29)30-21)27(32)33-16-19-8-6-5-7-9-19;2*1-2/h6,8-13,17,23,30H,5,7,14-16,29H2,1-4H3;1-2H3;1H2. The summed E-state index contributed by atoms with van der Waals surface area (Å²) in [4.78, 5) is 34.9. The molecule has 2 unspecified atom stereocenters. The summed E-state index contributed by atoms with van der Waals surface area (Å²) < 4.78 is 5.69. The van der Waals surface area contributed by atoms with Crippen molar-refractivity contribution in [3.63, 3.8) is 0 Å². The Morgan fingerprint density at radius 3 is 2.38 bits per heavy atom. The van der Waals surface area contributed by atoms with Gasteiger partial charge in [-0.1, -0.05) is 82.7 Å². The fourth-order valence-corrected chi connectivity index (χ4v) is 4.90. The monoisotopic (exact) mass is 506 g/mol. The van der Waals surface area contributed by atoms with Gasteiger partial charge in [-0.3, -0.25) is 4.79 Å². The van der Waals surface area contributed by atoms with Crippen molar-refractivity contribution in [2.45, 2.75) is 73.1 Å². The van der Waals surface area contributed by atoms with Crippen molar-refractivity contribution < 1.29 is 19.1 Å². The van der Waals surface area contributed by atoms with Crippen molar-refractivity contribution in [1.82, 2.24) is 5.32 Å². The number of rotatable bonds is 5. The molecule has 0 saturated carbocycles.